The van der Waals surface area contributed by atoms with Gasteiger partial charge in [-0.15, -0.1) is 0 Å². The minimum Gasteiger partial charge on any atom is -0.489 e. The molecule has 0 aliphatic heterocycles. The van der Waals surface area contributed by atoms with Crippen molar-refractivity contribution in [2.75, 3.05) is 30.9 Å². The van der Waals surface area contributed by atoms with E-state index in [1.54, 1.807) is 0 Å². The Morgan fingerprint density at radius 1 is 0.842 bits per heavy atom. The van der Waals surface area contributed by atoms with Crippen LogP contribution in [0.5, 0.6) is 5.75 Å². The third-order valence-electron chi connectivity index (χ3n) is 7.10. The summed E-state index contributed by atoms with van der Waals surface area (Å²) in [7, 11) is 4.07. The lowest BCUT2D eigenvalue weighted by molar-refractivity contribution is 0.305. The van der Waals surface area contributed by atoms with Crippen LogP contribution in [0.2, 0.25) is 0 Å². The Morgan fingerprint density at radius 3 is 2.37 bits per heavy atom. The van der Waals surface area contributed by atoms with Gasteiger partial charge >= 0.3 is 0 Å². The monoisotopic (exact) mass is 511 g/mol. The highest BCUT2D eigenvalue weighted by Gasteiger charge is 2.22. The molecule has 5 rings (SSSR count). The maximum Gasteiger partial charge on any atom is 0.225 e. The van der Waals surface area contributed by atoms with Gasteiger partial charge < -0.3 is 20.3 Å². The fourth-order valence-corrected chi connectivity index (χ4v) is 5.07. The van der Waals surface area contributed by atoms with Gasteiger partial charge in [-0.3, -0.25) is 0 Å². The van der Waals surface area contributed by atoms with Crippen LogP contribution in [0.4, 0.5) is 11.8 Å². The van der Waals surface area contributed by atoms with Crippen molar-refractivity contribution < 1.29 is 4.74 Å². The number of para-hydroxylation sites is 1. The molecule has 0 radical (unpaired) electrons. The van der Waals surface area contributed by atoms with E-state index in [9.17, 15) is 0 Å². The first-order valence-electron chi connectivity index (χ1n) is 13.3. The summed E-state index contributed by atoms with van der Waals surface area (Å²) in [6.07, 6.45) is 4.70. The molecule has 0 saturated heterocycles. The van der Waals surface area contributed by atoms with E-state index in [0.29, 0.717) is 18.6 Å². The average molecular weight is 512 g/mol. The van der Waals surface area contributed by atoms with Crippen LogP contribution in [0.25, 0.3) is 10.9 Å². The number of anilines is 2. The fraction of sp³-hybridized carbons (Fsp3) is 0.375. The van der Waals surface area contributed by atoms with Crippen molar-refractivity contribution in [1.82, 2.24) is 15.3 Å². The molecule has 0 atom stereocenters. The molecule has 0 amide bonds. The van der Waals surface area contributed by atoms with Crippen LogP contribution in [-0.4, -0.2) is 36.6 Å². The van der Waals surface area contributed by atoms with Gasteiger partial charge in [0.05, 0.1) is 5.52 Å². The van der Waals surface area contributed by atoms with Gasteiger partial charge in [0.2, 0.25) is 5.95 Å². The zero-order chi connectivity index (χ0) is 25.5. The van der Waals surface area contributed by atoms with Crippen molar-refractivity contribution in [3.05, 3.63) is 90.0 Å². The normalized spacial score (nSPS) is 17.0. The van der Waals surface area contributed by atoms with Gasteiger partial charge in [-0.05, 0) is 73.5 Å². The van der Waals surface area contributed by atoms with E-state index in [-0.39, 0.29) is 7.43 Å². The molecule has 1 aliphatic carbocycles. The Hall–Kier alpha value is -3.64. The second-order valence-corrected chi connectivity index (χ2v) is 10.2. The molecular weight excluding hydrogens is 470 g/mol. The molecule has 6 heteroatoms. The molecular formula is C32H41N5O. The maximum atomic E-state index is 5.99. The zero-order valence-corrected chi connectivity index (χ0v) is 21.9. The molecule has 1 saturated carbocycles. The highest BCUT2D eigenvalue weighted by molar-refractivity contribution is 5.90. The molecule has 0 bridgehead atoms. The number of ether oxygens (including phenoxy) is 1. The molecule has 1 aliphatic rings. The maximum absolute atomic E-state index is 5.99. The molecule has 1 fully saturated rings. The summed E-state index contributed by atoms with van der Waals surface area (Å²) in [4.78, 5) is 11.7. The third kappa shape index (κ3) is 7.23. The van der Waals surface area contributed by atoms with Gasteiger partial charge in [0.1, 0.15) is 18.2 Å². The number of nitrogens with one attached hydrogen (secondary N) is 2. The summed E-state index contributed by atoms with van der Waals surface area (Å²) < 4.78 is 5.99. The molecule has 200 valence electrons. The smallest absolute Gasteiger partial charge is 0.225 e. The van der Waals surface area contributed by atoms with E-state index in [2.05, 4.69) is 58.0 Å². The van der Waals surface area contributed by atoms with Crippen LogP contribution in [0, 0.1) is 5.92 Å². The van der Waals surface area contributed by atoms with E-state index in [1.807, 2.05) is 50.5 Å². The van der Waals surface area contributed by atoms with E-state index < -0.39 is 0 Å². The number of benzene rings is 3. The van der Waals surface area contributed by atoms with Crippen molar-refractivity contribution >= 4 is 22.7 Å². The van der Waals surface area contributed by atoms with Crippen LogP contribution in [0.1, 0.15) is 44.2 Å². The van der Waals surface area contributed by atoms with Gasteiger partial charge in [0.15, 0.2) is 0 Å². The Balaban J connectivity index is 0.00000336. The molecule has 0 spiro atoms. The molecule has 4 aromatic rings. The summed E-state index contributed by atoms with van der Waals surface area (Å²) in [5.74, 6) is 3.31. The van der Waals surface area contributed by atoms with Gasteiger partial charge in [-0.25, -0.2) is 4.98 Å². The summed E-state index contributed by atoms with van der Waals surface area (Å²) in [5, 5.41) is 8.37. The van der Waals surface area contributed by atoms with E-state index in [4.69, 9.17) is 14.7 Å². The molecule has 3 aromatic carbocycles. The number of aromatic nitrogens is 2. The number of hydrogen-bond donors (Lipinski definition) is 2. The first-order valence-corrected chi connectivity index (χ1v) is 13.3. The zero-order valence-electron chi connectivity index (χ0n) is 21.9. The van der Waals surface area contributed by atoms with Crippen molar-refractivity contribution in [1.29, 1.82) is 0 Å². The quantitative estimate of drug-likeness (QED) is 0.248. The Morgan fingerprint density at radius 2 is 1.58 bits per heavy atom. The van der Waals surface area contributed by atoms with Gasteiger partial charge in [-0.1, -0.05) is 62.0 Å². The largest absolute Gasteiger partial charge is 0.489 e. The molecule has 6 nitrogen and oxygen atoms in total. The fourth-order valence-electron chi connectivity index (χ4n) is 5.07. The summed E-state index contributed by atoms with van der Waals surface area (Å²) in [6, 6.07) is 27.3. The molecule has 38 heavy (non-hydrogen) atoms. The molecule has 1 aromatic heterocycles. The number of rotatable bonds is 10. The van der Waals surface area contributed by atoms with Crippen molar-refractivity contribution in [2.45, 2.75) is 52.3 Å². The van der Waals surface area contributed by atoms with Crippen molar-refractivity contribution in [3.63, 3.8) is 0 Å². The van der Waals surface area contributed by atoms with Crippen LogP contribution < -0.4 is 20.3 Å². The summed E-state index contributed by atoms with van der Waals surface area (Å²) in [5.41, 5.74) is 3.42. The Bertz CT molecular complexity index is 1290. The second-order valence-electron chi connectivity index (χ2n) is 10.2. The van der Waals surface area contributed by atoms with Crippen molar-refractivity contribution in [2.24, 2.45) is 5.92 Å². The molecule has 2 N–H and O–H groups in total. The standard InChI is InChI=1S/C31H37N5O.CH4/c1-36(2)30-28-13-6-7-14-29(28)34-31(35-30)33-26-17-15-23(16-18-26)20-32-21-25-11-8-12-27(19-25)37-22-24-9-4-3-5-10-24;/h3-14,19,23,26,32H,15-18,20-22H2,1-2H3,(H,33,34,35);1H4. The first kappa shape index (κ1) is 27.4. The third-order valence-corrected chi connectivity index (χ3v) is 7.10. The number of nitrogens with zero attached hydrogens (tertiary/aromatic N) is 3. The lowest BCUT2D eigenvalue weighted by Gasteiger charge is -2.29. The molecule has 1 heterocycles. The van der Waals surface area contributed by atoms with Crippen LogP contribution in [-0.2, 0) is 13.2 Å². The SMILES string of the molecule is C.CN(C)c1nc(NC2CCC(CNCc3cccc(OCc4ccccc4)c3)CC2)nc2ccccc12. The average Bonchev–Trinajstić information content (AvgIpc) is 2.93. The summed E-state index contributed by atoms with van der Waals surface area (Å²) >= 11 is 0. The Kier molecular flexibility index (Phi) is 9.55. The van der Waals surface area contributed by atoms with E-state index >= 15 is 0 Å². The highest BCUT2D eigenvalue weighted by Crippen LogP contribution is 2.28. The Labute approximate surface area is 227 Å². The highest BCUT2D eigenvalue weighted by atomic mass is 16.5. The van der Waals surface area contributed by atoms with Gasteiger partial charge in [-0.2, -0.15) is 4.98 Å². The van der Waals surface area contributed by atoms with Crippen molar-refractivity contribution in [3.8, 4) is 5.75 Å². The predicted octanol–water partition coefficient (Wildman–Crippen LogP) is 6.67. The summed E-state index contributed by atoms with van der Waals surface area (Å²) in [6.45, 7) is 2.49. The lowest BCUT2D eigenvalue weighted by Crippen LogP contribution is -2.31. The second kappa shape index (κ2) is 13.2. The predicted molar refractivity (Wildman–Crippen MR) is 159 cm³/mol. The minimum absolute atomic E-state index is 0. The first-order chi connectivity index (χ1) is 18.1. The number of hydrogen-bond acceptors (Lipinski definition) is 6. The van der Waals surface area contributed by atoms with Gasteiger partial charge in [0.25, 0.3) is 0 Å². The van der Waals surface area contributed by atoms with Gasteiger partial charge in [0, 0.05) is 32.1 Å². The number of fused-ring (bicyclic) bond motifs is 1. The van der Waals surface area contributed by atoms with Crippen LogP contribution in [0.3, 0.4) is 0 Å². The van der Waals surface area contributed by atoms with Crippen LogP contribution >= 0.6 is 0 Å². The van der Waals surface area contributed by atoms with Crippen LogP contribution in [0.15, 0.2) is 78.9 Å². The minimum atomic E-state index is 0. The van der Waals surface area contributed by atoms with E-state index in [1.165, 1.54) is 24.0 Å². The topological polar surface area (TPSA) is 62.3 Å². The van der Waals surface area contributed by atoms with E-state index in [0.717, 1.165) is 54.3 Å². The lowest BCUT2D eigenvalue weighted by atomic mass is 9.86. The molecule has 0 unspecified atom stereocenters.